The highest BCUT2D eigenvalue weighted by molar-refractivity contribution is 7.91. The van der Waals surface area contributed by atoms with Crippen molar-refractivity contribution in [1.82, 2.24) is 9.88 Å². The number of nitrogens with one attached hydrogen (secondary N) is 1. The molecule has 1 fully saturated rings. The van der Waals surface area contributed by atoms with E-state index in [9.17, 15) is 8.42 Å². The number of aryl methyl sites for hydroxylation is 1. The number of hydrogen-bond donors (Lipinski definition) is 1. The average molecular weight is 542 g/mol. The van der Waals surface area contributed by atoms with Gasteiger partial charge in [0.25, 0.3) is 0 Å². The largest absolute Gasteiger partial charge is 0.419 e. The van der Waals surface area contributed by atoms with E-state index in [1.165, 1.54) is 23.4 Å². The van der Waals surface area contributed by atoms with Crippen LogP contribution in [0.3, 0.4) is 0 Å². The lowest BCUT2D eigenvalue weighted by atomic mass is 10.1. The van der Waals surface area contributed by atoms with Gasteiger partial charge in [0, 0.05) is 22.0 Å². The summed E-state index contributed by atoms with van der Waals surface area (Å²) in [6.45, 7) is 4.54. The molecule has 4 aromatic rings. The maximum Gasteiger partial charge on any atom is 0.233 e. The number of piperidine rings is 1. The molecule has 1 saturated heterocycles. The van der Waals surface area contributed by atoms with Gasteiger partial charge in [-0.1, -0.05) is 41.8 Å². The van der Waals surface area contributed by atoms with Crippen LogP contribution in [0.1, 0.15) is 35.7 Å². The van der Waals surface area contributed by atoms with Crippen molar-refractivity contribution in [2.45, 2.75) is 42.1 Å². The zero-order chi connectivity index (χ0) is 25.1. The van der Waals surface area contributed by atoms with Crippen LogP contribution in [0, 0.1) is 6.92 Å². The molecule has 3 heterocycles. The number of likely N-dealkylation sites (tertiary alicyclic amines) is 1. The van der Waals surface area contributed by atoms with E-state index in [2.05, 4.69) is 32.7 Å². The number of oxazole rings is 1. The standard InChI is InChI=1S/C27H28ClN3O3S2/c1-19-7-9-20(10-8-19)25-30-27(36(32,33)22-13-11-21(28)12-14-22)26(34-25)29-18-23(24-6-5-17-35-24)31-15-3-2-4-16-31/h5-14,17,23,29H,2-4,15-16,18H2,1H3. The number of anilines is 1. The predicted molar refractivity (Wildman–Crippen MR) is 145 cm³/mol. The lowest BCUT2D eigenvalue weighted by Crippen LogP contribution is -2.36. The van der Waals surface area contributed by atoms with Gasteiger partial charge in [0.05, 0.1) is 10.9 Å². The minimum absolute atomic E-state index is 0.115. The van der Waals surface area contributed by atoms with Crippen molar-refractivity contribution in [2.75, 3.05) is 25.0 Å². The molecule has 2 aromatic carbocycles. The van der Waals surface area contributed by atoms with E-state index in [4.69, 9.17) is 16.0 Å². The van der Waals surface area contributed by atoms with Crippen molar-refractivity contribution in [1.29, 1.82) is 0 Å². The Morgan fingerprint density at radius 2 is 1.78 bits per heavy atom. The fourth-order valence-corrected chi connectivity index (χ4v) is 6.72. The Hall–Kier alpha value is -2.65. The maximum absolute atomic E-state index is 13.6. The molecule has 1 aliphatic heterocycles. The van der Waals surface area contributed by atoms with Gasteiger partial charge in [-0.05, 0) is 80.7 Å². The van der Waals surface area contributed by atoms with Gasteiger partial charge in [-0.15, -0.1) is 11.3 Å². The molecule has 0 aliphatic carbocycles. The zero-order valence-corrected chi connectivity index (χ0v) is 22.4. The molecule has 1 N–H and O–H groups in total. The molecule has 5 rings (SSSR count). The van der Waals surface area contributed by atoms with Gasteiger partial charge in [-0.3, -0.25) is 4.90 Å². The second-order valence-corrected chi connectivity index (χ2v) is 12.3. The normalized spacial score (nSPS) is 15.6. The fraction of sp³-hybridized carbons (Fsp3) is 0.296. The van der Waals surface area contributed by atoms with Crippen molar-refractivity contribution in [3.8, 4) is 11.5 Å². The van der Waals surface area contributed by atoms with Crippen molar-refractivity contribution in [3.05, 3.63) is 81.5 Å². The Balaban J connectivity index is 1.51. The van der Waals surface area contributed by atoms with Crippen LogP contribution in [0.15, 0.2) is 80.4 Å². The van der Waals surface area contributed by atoms with Gasteiger partial charge < -0.3 is 9.73 Å². The van der Waals surface area contributed by atoms with E-state index in [0.717, 1.165) is 31.5 Å². The van der Waals surface area contributed by atoms with E-state index in [-0.39, 0.29) is 27.7 Å². The van der Waals surface area contributed by atoms with Crippen molar-refractivity contribution in [2.24, 2.45) is 0 Å². The first-order valence-electron chi connectivity index (χ1n) is 12.0. The van der Waals surface area contributed by atoms with E-state index in [0.29, 0.717) is 17.1 Å². The molecule has 9 heteroatoms. The molecule has 1 aliphatic rings. The highest BCUT2D eigenvalue weighted by atomic mass is 35.5. The Morgan fingerprint density at radius 3 is 2.44 bits per heavy atom. The molecule has 1 atom stereocenters. The molecule has 1 unspecified atom stereocenters. The summed E-state index contributed by atoms with van der Waals surface area (Å²) in [7, 11) is -3.95. The number of halogens is 1. The molecule has 0 saturated carbocycles. The van der Waals surface area contributed by atoms with Gasteiger partial charge in [0.1, 0.15) is 0 Å². The number of rotatable bonds is 8. The van der Waals surface area contributed by atoms with Crippen molar-refractivity contribution < 1.29 is 12.8 Å². The molecular formula is C27H28ClN3O3S2. The first-order valence-corrected chi connectivity index (χ1v) is 14.8. The van der Waals surface area contributed by atoms with Gasteiger partial charge in [0.2, 0.25) is 26.6 Å². The summed E-state index contributed by atoms with van der Waals surface area (Å²) in [5.41, 5.74) is 1.81. The highest BCUT2D eigenvalue weighted by Crippen LogP contribution is 2.34. The van der Waals surface area contributed by atoms with E-state index in [1.807, 2.05) is 31.2 Å². The number of benzene rings is 2. The number of nitrogens with zero attached hydrogens (tertiary/aromatic N) is 2. The minimum Gasteiger partial charge on any atom is -0.419 e. The number of aromatic nitrogens is 1. The Kier molecular flexibility index (Phi) is 7.48. The third-order valence-corrected chi connectivity index (χ3v) is 9.34. The van der Waals surface area contributed by atoms with Gasteiger partial charge in [-0.25, -0.2) is 8.42 Å². The molecule has 188 valence electrons. The molecule has 0 spiro atoms. The van der Waals surface area contributed by atoms with Crippen LogP contribution in [-0.4, -0.2) is 37.9 Å². The first kappa shape index (κ1) is 25.0. The summed E-state index contributed by atoms with van der Waals surface area (Å²) in [5, 5.41) is 5.74. The maximum atomic E-state index is 13.6. The highest BCUT2D eigenvalue weighted by Gasteiger charge is 2.30. The number of hydrogen-bond acceptors (Lipinski definition) is 7. The Labute approximate surface area is 220 Å². The molecule has 0 radical (unpaired) electrons. The van der Waals surface area contributed by atoms with Crippen molar-refractivity contribution >= 4 is 38.7 Å². The predicted octanol–water partition coefficient (Wildman–Crippen LogP) is 6.84. The Morgan fingerprint density at radius 1 is 1.06 bits per heavy atom. The Bertz CT molecular complexity index is 1390. The lowest BCUT2D eigenvalue weighted by Gasteiger charge is -2.34. The van der Waals surface area contributed by atoms with Crippen LogP contribution < -0.4 is 5.32 Å². The number of thiophene rings is 1. The van der Waals surface area contributed by atoms with Crippen LogP contribution in [0.25, 0.3) is 11.5 Å². The molecule has 2 aromatic heterocycles. The van der Waals surface area contributed by atoms with Crippen molar-refractivity contribution in [3.63, 3.8) is 0 Å². The zero-order valence-electron chi connectivity index (χ0n) is 20.0. The first-order chi connectivity index (χ1) is 17.4. The third-order valence-electron chi connectivity index (χ3n) is 6.43. The quantitative estimate of drug-likeness (QED) is 0.263. The van der Waals surface area contributed by atoms with E-state index >= 15 is 0 Å². The van der Waals surface area contributed by atoms with Crippen LogP contribution in [-0.2, 0) is 9.84 Å². The summed E-state index contributed by atoms with van der Waals surface area (Å²) in [5.74, 6) is 0.412. The van der Waals surface area contributed by atoms with Crippen LogP contribution in [0.4, 0.5) is 5.88 Å². The topological polar surface area (TPSA) is 75.4 Å². The average Bonchev–Trinajstić information content (AvgIpc) is 3.57. The SMILES string of the molecule is Cc1ccc(-c2nc(S(=O)(=O)c3ccc(Cl)cc3)c(NCC(c3cccs3)N3CCCCC3)o2)cc1. The number of sulfone groups is 1. The lowest BCUT2D eigenvalue weighted by molar-refractivity contribution is 0.172. The third kappa shape index (κ3) is 5.37. The second kappa shape index (κ2) is 10.8. The van der Waals surface area contributed by atoms with Gasteiger partial charge in [0.15, 0.2) is 0 Å². The fourth-order valence-electron chi connectivity index (χ4n) is 4.45. The smallest absolute Gasteiger partial charge is 0.233 e. The summed E-state index contributed by atoms with van der Waals surface area (Å²) >= 11 is 7.71. The van der Waals surface area contributed by atoms with E-state index in [1.54, 1.807) is 23.5 Å². The van der Waals surface area contributed by atoms with E-state index < -0.39 is 9.84 Å². The second-order valence-electron chi connectivity index (χ2n) is 8.99. The van der Waals surface area contributed by atoms with Gasteiger partial charge >= 0.3 is 0 Å². The monoisotopic (exact) mass is 541 g/mol. The van der Waals surface area contributed by atoms with Gasteiger partial charge in [-0.2, -0.15) is 4.98 Å². The summed E-state index contributed by atoms with van der Waals surface area (Å²) in [6, 6.07) is 18.1. The molecule has 0 amide bonds. The molecule has 0 bridgehead atoms. The van der Waals surface area contributed by atoms with Crippen LogP contribution in [0.2, 0.25) is 5.02 Å². The summed E-state index contributed by atoms with van der Waals surface area (Å²) < 4.78 is 33.3. The molecule has 6 nitrogen and oxygen atoms in total. The van der Waals surface area contributed by atoms with Crippen LogP contribution >= 0.6 is 22.9 Å². The summed E-state index contributed by atoms with van der Waals surface area (Å²) in [6.07, 6.45) is 3.57. The minimum atomic E-state index is -3.95. The molecule has 36 heavy (non-hydrogen) atoms. The van der Waals surface area contributed by atoms with Crippen LogP contribution in [0.5, 0.6) is 0 Å². The summed E-state index contributed by atoms with van der Waals surface area (Å²) in [4.78, 5) is 8.29. The molecular weight excluding hydrogens is 514 g/mol.